The van der Waals surface area contributed by atoms with Crippen molar-refractivity contribution >= 4 is 39.7 Å². The number of rotatable bonds is 1. The molecule has 0 spiro atoms. The van der Waals surface area contributed by atoms with Crippen molar-refractivity contribution in [3.63, 3.8) is 0 Å². The molecule has 1 saturated heterocycles. The Bertz CT molecular complexity index is 1120. The quantitative estimate of drug-likeness (QED) is 0.584. The predicted octanol–water partition coefficient (Wildman–Crippen LogP) is 5.46. The van der Waals surface area contributed by atoms with Crippen LogP contribution in [-0.4, -0.2) is 35.4 Å². The van der Waals surface area contributed by atoms with E-state index in [1.54, 1.807) is 0 Å². The zero-order chi connectivity index (χ0) is 19.4. The summed E-state index contributed by atoms with van der Waals surface area (Å²) in [6, 6.07) is 13.0. The highest BCUT2D eigenvalue weighted by Crippen LogP contribution is 2.36. The fraction of sp³-hybridized carbons (Fsp3) is 0.375. The van der Waals surface area contributed by atoms with Crippen LogP contribution in [0.3, 0.4) is 0 Å². The second-order valence-electron chi connectivity index (χ2n) is 8.51. The van der Waals surface area contributed by atoms with Crippen LogP contribution < -0.4 is 4.90 Å². The van der Waals surface area contributed by atoms with Crippen molar-refractivity contribution < 1.29 is 0 Å². The molecule has 0 bridgehead atoms. The van der Waals surface area contributed by atoms with Gasteiger partial charge in [-0.15, -0.1) is 0 Å². The maximum Gasteiger partial charge on any atom is 0.109 e. The van der Waals surface area contributed by atoms with Crippen LogP contribution in [0.4, 0.5) is 11.4 Å². The first kappa shape index (κ1) is 17.4. The molecule has 0 atom stereocenters. The Morgan fingerprint density at radius 2 is 1.83 bits per heavy atom. The first-order valence-electron chi connectivity index (χ1n) is 10.7. The van der Waals surface area contributed by atoms with Crippen LogP contribution >= 0.6 is 11.6 Å². The van der Waals surface area contributed by atoms with Gasteiger partial charge in [0.25, 0.3) is 0 Å². The zero-order valence-corrected chi connectivity index (χ0v) is 17.3. The van der Waals surface area contributed by atoms with Gasteiger partial charge in [0.2, 0.25) is 0 Å². The van der Waals surface area contributed by atoms with Gasteiger partial charge in [0.1, 0.15) is 5.84 Å². The molecule has 3 aromatic rings. The fourth-order valence-corrected chi connectivity index (χ4v) is 5.26. The van der Waals surface area contributed by atoms with Gasteiger partial charge in [0.05, 0.1) is 5.69 Å². The largest absolute Gasteiger partial charge is 0.367 e. The van der Waals surface area contributed by atoms with E-state index in [9.17, 15) is 0 Å². The summed E-state index contributed by atoms with van der Waals surface area (Å²) in [5, 5.41) is 2.05. The number of aromatic amines is 1. The molecule has 1 fully saturated rings. The van der Waals surface area contributed by atoms with Crippen LogP contribution in [0.1, 0.15) is 36.1 Å². The summed E-state index contributed by atoms with van der Waals surface area (Å²) in [6.07, 6.45) is 5.97. The summed E-state index contributed by atoms with van der Waals surface area (Å²) in [6.45, 7) is 4.27. The van der Waals surface area contributed by atoms with Gasteiger partial charge in [-0.2, -0.15) is 0 Å². The van der Waals surface area contributed by atoms with E-state index in [2.05, 4.69) is 45.1 Å². The lowest BCUT2D eigenvalue weighted by atomic mass is 10.0. The number of halogens is 1. The van der Waals surface area contributed by atoms with E-state index in [1.165, 1.54) is 58.5 Å². The second kappa shape index (κ2) is 6.81. The van der Waals surface area contributed by atoms with Crippen LogP contribution in [-0.2, 0) is 19.4 Å². The third-order valence-corrected chi connectivity index (χ3v) is 6.93. The highest BCUT2D eigenvalue weighted by atomic mass is 35.5. The van der Waals surface area contributed by atoms with Crippen LogP contribution in [0, 0.1) is 0 Å². The number of fused-ring (bicyclic) bond motifs is 4. The zero-order valence-electron chi connectivity index (χ0n) is 16.5. The van der Waals surface area contributed by atoms with E-state index in [0.29, 0.717) is 0 Å². The Morgan fingerprint density at radius 1 is 0.931 bits per heavy atom. The molecule has 3 aliphatic heterocycles. The van der Waals surface area contributed by atoms with Crippen molar-refractivity contribution in [1.82, 2.24) is 9.88 Å². The van der Waals surface area contributed by atoms with Crippen molar-refractivity contribution in [2.75, 3.05) is 24.5 Å². The molecule has 29 heavy (non-hydrogen) atoms. The van der Waals surface area contributed by atoms with Crippen LogP contribution in [0.5, 0.6) is 0 Å². The third kappa shape index (κ3) is 3.01. The van der Waals surface area contributed by atoms with Crippen molar-refractivity contribution in [2.45, 2.75) is 38.6 Å². The van der Waals surface area contributed by atoms with Gasteiger partial charge in [0, 0.05) is 71.9 Å². The molecule has 3 aliphatic rings. The summed E-state index contributed by atoms with van der Waals surface area (Å²) in [7, 11) is 0. The molecule has 0 aliphatic carbocycles. The molecule has 1 N–H and O–H groups in total. The molecular weight excluding hydrogens is 380 g/mol. The highest BCUT2D eigenvalue weighted by Gasteiger charge is 2.24. The van der Waals surface area contributed by atoms with Crippen molar-refractivity contribution in [2.24, 2.45) is 4.99 Å². The van der Waals surface area contributed by atoms with E-state index in [1.807, 2.05) is 6.07 Å². The minimum absolute atomic E-state index is 0.800. The summed E-state index contributed by atoms with van der Waals surface area (Å²) in [4.78, 5) is 13.6. The molecule has 2 aromatic carbocycles. The summed E-state index contributed by atoms with van der Waals surface area (Å²) in [5.74, 6) is 1.27. The Hall–Kier alpha value is -2.46. The summed E-state index contributed by atoms with van der Waals surface area (Å²) in [5.41, 5.74) is 7.72. The minimum atomic E-state index is 0.800. The smallest absolute Gasteiger partial charge is 0.109 e. The van der Waals surface area contributed by atoms with Gasteiger partial charge in [0.15, 0.2) is 0 Å². The molecule has 6 rings (SSSR count). The number of hydrogen-bond donors (Lipinski definition) is 1. The van der Waals surface area contributed by atoms with Gasteiger partial charge in [-0.25, -0.2) is 4.99 Å². The number of aliphatic imine (C=N–C) groups is 1. The molecule has 0 unspecified atom stereocenters. The van der Waals surface area contributed by atoms with E-state index in [-0.39, 0.29) is 0 Å². The monoisotopic (exact) mass is 404 g/mol. The number of likely N-dealkylation sites (tertiary alicyclic amines) is 1. The molecular formula is C24H25ClN4. The predicted molar refractivity (Wildman–Crippen MR) is 121 cm³/mol. The Kier molecular flexibility index (Phi) is 4.08. The van der Waals surface area contributed by atoms with Crippen molar-refractivity contribution in [1.29, 1.82) is 0 Å². The maximum atomic E-state index is 6.27. The topological polar surface area (TPSA) is 34.6 Å². The molecule has 0 saturated carbocycles. The number of aromatic nitrogens is 1. The standard InChI is InChI=1S/C24H25ClN4/c25-17-5-7-21-19(13-17)20-15-29(11-8-22(20)26-21)18-6-4-16-12-24(27-23(16)14-18)28-9-2-1-3-10-28/h4-7,13-14,26H,1-3,8-12,15H2. The first-order chi connectivity index (χ1) is 14.2. The van der Waals surface area contributed by atoms with Gasteiger partial charge >= 0.3 is 0 Å². The lowest BCUT2D eigenvalue weighted by Gasteiger charge is -2.29. The molecule has 4 nitrogen and oxygen atoms in total. The van der Waals surface area contributed by atoms with E-state index in [0.717, 1.165) is 49.7 Å². The normalized spacial score (nSPS) is 18.7. The molecule has 4 heterocycles. The molecule has 148 valence electrons. The number of anilines is 1. The average molecular weight is 405 g/mol. The van der Waals surface area contributed by atoms with Crippen molar-refractivity contribution in [3.05, 3.63) is 58.2 Å². The number of nitrogens with one attached hydrogen (secondary N) is 1. The second-order valence-corrected chi connectivity index (χ2v) is 8.95. The third-order valence-electron chi connectivity index (χ3n) is 6.69. The van der Waals surface area contributed by atoms with Crippen LogP contribution in [0.25, 0.3) is 10.9 Å². The first-order valence-corrected chi connectivity index (χ1v) is 11.1. The Morgan fingerprint density at radius 3 is 2.72 bits per heavy atom. The lowest BCUT2D eigenvalue weighted by molar-refractivity contribution is 0.339. The fourth-order valence-electron chi connectivity index (χ4n) is 5.09. The van der Waals surface area contributed by atoms with E-state index >= 15 is 0 Å². The van der Waals surface area contributed by atoms with E-state index < -0.39 is 0 Å². The number of benzene rings is 2. The molecule has 0 radical (unpaired) electrons. The molecule has 5 heteroatoms. The minimum Gasteiger partial charge on any atom is -0.367 e. The number of piperidine rings is 1. The highest BCUT2D eigenvalue weighted by molar-refractivity contribution is 6.31. The number of nitrogens with zero attached hydrogens (tertiary/aromatic N) is 3. The SMILES string of the molecule is Clc1ccc2[nH]c3c(c2c1)CN(c1ccc2c(c1)N=C(N1CCCCC1)C2)CC3. The van der Waals surface area contributed by atoms with Crippen LogP contribution in [0.15, 0.2) is 41.4 Å². The van der Waals surface area contributed by atoms with Gasteiger partial charge in [-0.3, -0.25) is 0 Å². The number of amidine groups is 1. The number of hydrogen-bond acceptors (Lipinski definition) is 3. The molecule has 1 aromatic heterocycles. The van der Waals surface area contributed by atoms with Gasteiger partial charge in [-0.05, 0) is 55.2 Å². The summed E-state index contributed by atoms with van der Waals surface area (Å²) < 4.78 is 0. The Labute approximate surface area is 176 Å². The maximum absolute atomic E-state index is 6.27. The van der Waals surface area contributed by atoms with Crippen LogP contribution in [0.2, 0.25) is 5.02 Å². The lowest BCUT2D eigenvalue weighted by Crippen LogP contribution is -2.35. The molecule has 0 amide bonds. The van der Waals surface area contributed by atoms with Crippen molar-refractivity contribution in [3.8, 4) is 0 Å². The number of H-pyrrole nitrogens is 1. The van der Waals surface area contributed by atoms with Gasteiger partial charge in [-0.1, -0.05) is 17.7 Å². The summed E-state index contributed by atoms with van der Waals surface area (Å²) >= 11 is 6.27. The average Bonchev–Trinajstić information content (AvgIpc) is 3.34. The Balaban J connectivity index is 1.29. The van der Waals surface area contributed by atoms with Gasteiger partial charge < -0.3 is 14.8 Å². The van der Waals surface area contributed by atoms with E-state index in [4.69, 9.17) is 16.6 Å².